The zero-order valence-corrected chi connectivity index (χ0v) is 19.7. The number of phenols is 1. The fourth-order valence-electron chi connectivity index (χ4n) is 4.42. The van der Waals surface area contributed by atoms with Crippen LogP contribution in [0.5, 0.6) is 11.5 Å². The molecule has 0 aliphatic carbocycles. The van der Waals surface area contributed by atoms with Gasteiger partial charge in [0.05, 0.1) is 25.9 Å². The average molecular weight is 481 g/mol. The summed E-state index contributed by atoms with van der Waals surface area (Å²) >= 11 is 0. The van der Waals surface area contributed by atoms with Gasteiger partial charge in [0.2, 0.25) is 0 Å². The lowest BCUT2D eigenvalue weighted by Gasteiger charge is -2.40. The molecule has 4 rings (SSSR count). The van der Waals surface area contributed by atoms with Crippen molar-refractivity contribution in [2.45, 2.75) is 25.0 Å². The number of nitrogens with zero attached hydrogens (tertiary/aromatic N) is 1. The minimum atomic E-state index is -1.20. The van der Waals surface area contributed by atoms with E-state index < -0.39 is 6.09 Å². The van der Waals surface area contributed by atoms with Gasteiger partial charge in [-0.1, -0.05) is 48.5 Å². The van der Waals surface area contributed by atoms with Crippen LogP contribution in [0.4, 0.5) is 4.79 Å². The molecule has 0 radical (unpaired) electrons. The van der Waals surface area contributed by atoms with E-state index in [0.29, 0.717) is 31.9 Å². The molecule has 0 saturated carbocycles. The lowest BCUT2D eigenvalue weighted by molar-refractivity contribution is -0.268. The number of carboxylic acid groups (broad SMARTS) is 1. The van der Waals surface area contributed by atoms with Crippen LogP contribution >= 0.6 is 0 Å². The van der Waals surface area contributed by atoms with Crippen LogP contribution in [0.25, 0.3) is 10.8 Å². The zero-order valence-electron chi connectivity index (χ0n) is 19.7. The smallest absolute Gasteiger partial charge is 0.189 e. The molecule has 1 fully saturated rings. The molecular weight excluding hydrogens is 450 g/mol. The van der Waals surface area contributed by atoms with E-state index in [1.165, 1.54) is 4.90 Å². The molecule has 1 aliphatic heterocycles. The fraction of sp³-hybridized carbons (Fsp3) is 0.370. The predicted octanol–water partition coefficient (Wildman–Crippen LogP) is 3.26. The Bertz CT molecular complexity index is 1120. The van der Waals surface area contributed by atoms with Crippen molar-refractivity contribution in [2.75, 3.05) is 40.2 Å². The van der Waals surface area contributed by atoms with Crippen molar-refractivity contribution in [2.24, 2.45) is 0 Å². The van der Waals surface area contributed by atoms with Gasteiger partial charge in [-0.25, -0.2) is 0 Å². The van der Waals surface area contributed by atoms with Crippen LogP contribution < -0.4 is 9.84 Å². The van der Waals surface area contributed by atoms with Crippen LogP contribution in [0, 0.1) is 0 Å². The highest BCUT2D eigenvalue weighted by molar-refractivity contribution is 5.89. The number of carbonyl (C=O) groups excluding carboxylic acids is 1. The SMILES string of the molecule is COCCOCOc1c(COC2CN(C(=O)[O-])CCC2c2ccc(O)cc2)ccc2ccccc12. The second-order valence-corrected chi connectivity index (χ2v) is 8.49. The van der Waals surface area contributed by atoms with Gasteiger partial charge in [0.15, 0.2) is 6.79 Å². The van der Waals surface area contributed by atoms with Crippen LogP contribution in [0.3, 0.4) is 0 Å². The molecule has 8 nitrogen and oxygen atoms in total. The average Bonchev–Trinajstić information content (AvgIpc) is 2.88. The summed E-state index contributed by atoms with van der Waals surface area (Å²) in [6, 6.07) is 18.9. The third kappa shape index (κ3) is 6.22. The zero-order chi connectivity index (χ0) is 24.6. The molecule has 35 heavy (non-hydrogen) atoms. The number of amides is 1. The van der Waals surface area contributed by atoms with E-state index in [1.54, 1.807) is 19.2 Å². The van der Waals surface area contributed by atoms with Gasteiger partial charge < -0.3 is 38.9 Å². The topological polar surface area (TPSA) is 101 Å². The van der Waals surface area contributed by atoms with Gasteiger partial charge in [0, 0.05) is 37.1 Å². The second-order valence-electron chi connectivity index (χ2n) is 8.49. The minimum absolute atomic E-state index is 0.0200. The molecule has 0 aromatic heterocycles. The van der Waals surface area contributed by atoms with Crippen molar-refractivity contribution in [1.29, 1.82) is 0 Å². The van der Waals surface area contributed by atoms with Crippen LogP contribution in [-0.2, 0) is 20.8 Å². The van der Waals surface area contributed by atoms with E-state index in [-0.39, 0.29) is 37.7 Å². The van der Waals surface area contributed by atoms with Crippen molar-refractivity contribution < 1.29 is 34.0 Å². The van der Waals surface area contributed by atoms with Gasteiger partial charge >= 0.3 is 0 Å². The lowest BCUT2D eigenvalue weighted by Crippen LogP contribution is -2.51. The van der Waals surface area contributed by atoms with E-state index in [1.807, 2.05) is 48.5 Å². The minimum Gasteiger partial charge on any atom is -0.530 e. The fourth-order valence-corrected chi connectivity index (χ4v) is 4.42. The standard InChI is InChI=1S/C27H31NO7/c1-32-14-15-33-18-35-26-21(7-6-19-4-2-3-5-24(19)26)17-34-25-16-28(27(30)31)13-12-23(25)20-8-10-22(29)11-9-20/h2-11,23,25,29H,12-18H2,1H3,(H,30,31)/p-1. The maximum atomic E-state index is 11.5. The van der Waals surface area contributed by atoms with E-state index in [4.69, 9.17) is 18.9 Å². The van der Waals surface area contributed by atoms with Gasteiger partial charge in [0.25, 0.3) is 0 Å². The van der Waals surface area contributed by atoms with Crippen molar-refractivity contribution >= 4 is 16.9 Å². The summed E-state index contributed by atoms with van der Waals surface area (Å²) < 4.78 is 22.9. The van der Waals surface area contributed by atoms with Gasteiger partial charge in [-0.05, 0) is 29.5 Å². The summed E-state index contributed by atoms with van der Waals surface area (Å²) in [6.07, 6.45) is -0.994. The molecule has 0 spiro atoms. The first-order valence-corrected chi connectivity index (χ1v) is 11.6. The maximum Gasteiger partial charge on any atom is 0.189 e. The molecule has 3 aromatic rings. The number of hydrogen-bond acceptors (Lipinski definition) is 7. The number of fused-ring (bicyclic) bond motifs is 1. The number of phenolic OH excluding ortho intramolecular Hbond substituents is 1. The number of piperidine rings is 1. The Morgan fingerprint density at radius 3 is 2.66 bits per heavy atom. The van der Waals surface area contributed by atoms with Crippen molar-refractivity contribution in [1.82, 2.24) is 4.90 Å². The van der Waals surface area contributed by atoms with Crippen LogP contribution in [-0.4, -0.2) is 62.4 Å². The molecule has 8 heteroatoms. The molecule has 186 valence electrons. The van der Waals surface area contributed by atoms with Crippen molar-refractivity contribution in [3.63, 3.8) is 0 Å². The summed E-state index contributed by atoms with van der Waals surface area (Å²) in [5, 5.41) is 23.2. The number of carbonyl (C=O) groups is 1. The summed E-state index contributed by atoms with van der Waals surface area (Å²) in [4.78, 5) is 12.8. The lowest BCUT2D eigenvalue weighted by atomic mass is 9.87. The molecule has 2 unspecified atom stereocenters. The number of ether oxygens (including phenoxy) is 4. The van der Waals surface area contributed by atoms with Crippen molar-refractivity contribution in [3.8, 4) is 11.5 Å². The first-order chi connectivity index (χ1) is 17.1. The summed E-state index contributed by atoms with van der Waals surface area (Å²) in [7, 11) is 1.61. The Balaban J connectivity index is 1.54. The highest BCUT2D eigenvalue weighted by atomic mass is 16.7. The Kier molecular flexibility index (Phi) is 8.41. The predicted molar refractivity (Wildman–Crippen MR) is 128 cm³/mol. The van der Waals surface area contributed by atoms with Crippen LogP contribution in [0.2, 0.25) is 0 Å². The number of hydrogen-bond donors (Lipinski definition) is 1. The molecule has 1 N–H and O–H groups in total. The van der Waals surface area contributed by atoms with Gasteiger partial charge in [-0.15, -0.1) is 0 Å². The largest absolute Gasteiger partial charge is 0.530 e. The number of methoxy groups -OCH3 is 1. The maximum absolute atomic E-state index is 11.5. The van der Waals surface area contributed by atoms with E-state index in [9.17, 15) is 15.0 Å². The molecule has 1 heterocycles. The highest BCUT2D eigenvalue weighted by Crippen LogP contribution is 2.34. The molecule has 2 atom stereocenters. The number of rotatable bonds is 10. The summed E-state index contributed by atoms with van der Waals surface area (Å²) in [5.41, 5.74) is 1.83. The quantitative estimate of drug-likeness (QED) is 0.351. The van der Waals surface area contributed by atoms with Crippen LogP contribution in [0.15, 0.2) is 60.7 Å². The molecule has 0 bridgehead atoms. The second kappa shape index (κ2) is 11.9. The molecule has 1 amide bonds. The van der Waals surface area contributed by atoms with E-state index >= 15 is 0 Å². The van der Waals surface area contributed by atoms with E-state index in [2.05, 4.69) is 0 Å². The first kappa shape index (κ1) is 24.8. The highest BCUT2D eigenvalue weighted by Gasteiger charge is 2.31. The molecule has 1 aliphatic rings. The first-order valence-electron chi connectivity index (χ1n) is 11.6. The summed E-state index contributed by atoms with van der Waals surface area (Å²) in [6.45, 7) is 1.78. The van der Waals surface area contributed by atoms with Gasteiger partial charge in [-0.3, -0.25) is 0 Å². The Hall–Kier alpha value is -3.33. The molecule has 3 aromatic carbocycles. The number of likely N-dealkylation sites (tertiary alicyclic amines) is 1. The summed E-state index contributed by atoms with van der Waals surface area (Å²) in [5.74, 6) is 0.840. The third-order valence-electron chi connectivity index (χ3n) is 6.27. The van der Waals surface area contributed by atoms with E-state index in [0.717, 1.165) is 21.9 Å². The Morgan fingerprint density at radius 2 is 1.89 bits per heavy atom. The number of aromatic hydroxyl groups is 1. The van der Waals surface area contributed by atoms with Gasteiger partial charge in [0.1, 0.15) is 17.6 Å². The van der Waals surface area contributed by atoms with Gasteiger partial charge in [-0.2, -0.15) is 0 Å². The Labute approximate surface area is 204 Å². The molecule has 1 saturated heterocycles. The monoisotopic (exact) mass is 480 g/mol. The third-order valence-corrected chi connectivity index (χ3v) is 6.27. The number of benzene rings is 3. The van der Waals surface area contributed by atoms with Crippen LogP contribution in [0.1, 0.15) is 23.5 Å². The molecular formula is C27H30NO7-. The van der Waals surface area contributed by atoms with Crippen molar-refractivity contribution in [3.05, 3.63) is 71.8 Å². The Morgan fingerprint density at radius 1 is 1.09 bits per heavy atom. The normalized spacial score (nSPS) is 18.0.